The van der Waals surface area contributed by atoms with Gasteiger partial charge in [-0.25, -0.2) is 0 Å². The number of aromatic amines is 1. The van der Waals surface area contributed by atoms with E-state index in [0.29, 0.717) is 24.5 Å². The molecule has 24 heavy (non-hydrogen) atoms. The van der Waals surface area contributed by atoms with Crippen molar-refractivity contribution in [1.82, 2.24) is 10.2 Å². The molecule has 1 aromatic carbocycles. The van der Waals surface area contributed by atoms with Gasteiger partial charge in [0.1, 0.15) is 5.75 Å². The Kier molecular flexibility index (Phi) is 5.83. The fourth-order valence-electron chi connectivity index (χ4n) is 2.72. The van der Waals surface area contributed by atoms with Crippen molar-refractivity contribution in [2.75, 3.05) is 19.8 Å². The van der Waals surface area contributed by atoms with Crippen molar-refractivity contribution in [3.05, 3.63) is 36.0 Å². The third-order valence-corrected chi connectivity index (χ3v) is 3.90. The highest BCUT2D eigenvalue weighted by Crippen LogP contribution is 2.31. The third-order valence-electron chi connectivity index (χ3n) is 3.90. The summed E-state index contributed by atoms with van der Waals surface area (Å²) in [6.45, 7) is 1.90. The lowest BCUT2D eigenvalue weighted by atomic mass is 10.0. The van der Waals surface area contributed by atoms with Gasteiger partial charge in [-0.2, -0.15) is 10.4 Å². The zero-order chi connectivity index (χ0) is 16.6. The maximum Gasteiger partial charge on any atom is 0.157 e. The van der Waals surface area contributed by atoms with E-state index in [-0.39, 0.29) is 6.29 Å². The van der Waals surface area contributed by atoms with Crippen molar-refractivity contribution >= 4 is 0 Å². The summed E-state index contributed by atoms with van der Waals surface area (Å²) >= 11 is 0. The van der Waals surface area contributed by atoms with Crippen LogP contribution in [0.15, 0.2) is 30.5 Å². The van der Waals surface area contributed by atoms with E-state index in [1.807, 2.05) is 18.2 Å². The summed E-state index contributed by atoms with van der Waals surface area (Å²) in [5, 5.41) is 16.2. The van der Waals surface area contributed by atoms with E-state index in [2.05, 4.69) is 16.3 Å². The quantitative estimate of drug-likeness (QED) is 0.790. The molecule has 1 saturated heterocycles. The average molecular weight is 327 g/mol. The Labute approximate surface area is 141 Å². The Morgan fingerprint density at radius 2 is 2.25 bits per heavy atom. The maximum atomic E-state index is 9.32. The molecule has 6 heteroatoms. The Morgan fingerprint density at radius 3 is 3.00 bits per heavy atom. The van der Waals surface area contributed by atoms with Gasteiger partial charge in [0.2, 0.25) is 0 Å². The van der Waals surface area contributed by atoms with Crippen LogP contribution in [0.2, 0.25) is 0 Å². The molecule has 0 radical (unpaired) electrons. The first kappa shape index (κ1) is 16.5. The molecule has 0 aliphatic carbocycles. The van der Waals surface area contributed by atoms with E-state index < -0.39 is 0 Å². The molecule has 1 aromatic heterocycles. The van der Waals surface area contributed by atoms with E-state index in [1.54, 1.807) is 12.3 Å². The van der Waals surface area contributed by atoms with Gasteiger partial charge in [-0.15, -0.1) is 0 Å². The summed E-state index contributed by atoms with van der Waals surface area (Å²) in [7, 11) is 0. The number of rotatable bonds is 7. The SMILES string of the molecule is N#Cc1cccc(OCCCOC2CCCCO2)c1-c1ccn[nH]1. The number of hydrogen-bond donors (Lipinski definition) is 1. The van der Waals surface area contributed by atoms with E-state index in [9.17, 15) is 5.26 Å². The number of nitriles is 1. The molecule has 0 saturated carbocycles. The van der Waals surface area contributed by atoms with Gasteiger partial charge < -0.3 is 14.2 Å². The second kappa shape index (κ2) is 8.48. The number of nitrogens with one attached hydrogen (secondary N) is 1. The molecule has 126 valence electrons. The van der Waals surface area contributed by atoms with Gasteiger partial charge >= 0.3 is 0 Å². The predicted octanol–water partition coefficient (Wildman–Crippen LogP) is 3.26. The third kappa shape index (κ3) is 4.13. The van der Waals surface area contributed by atoms with E-state index in [4.69, 9.17) is 14.2 Å². The molecule has 1 aliphatic heterocycles. The second-order valence-electron chi connectivity index (χ2n) is 5.63. The Bertz CT molecular complexity index is 673. The monoisotopic (exact) mass is 327 g/mol. The molecular formula is C18H21N3O3. The minimum Gasteiger partial charge on any atom is -0.493 e. The van der Waals surface area contributed by atoms with Gasteiger partial charge in [0.15, 0.2) is 6.29 Å². The highest BCUT2D eigenvalue weighted by atomic mass is 16.7. The van der Waals surface area contributed by atoms with Crippen LogP contribution in [0.4, 0.5) is 0 Å². The molecule has 1 atom stereocenters. The molecule has 1 unspecified atom stereocenters. The van der Waals surface area contributed by atoms with Gasteiger partial charge in [-0.3, -0.25) is 5.10 Å². The minimum atomic E-state index is -0.0683. The summed E-state index contributed by atoms with van der Waals surface area (Å²) < 4.78 is 17.1. The lowest BCUT2D eigenvalue weighted by molar-refractivity contribution is -0.163. The molecule has 2 aromatic rings. The number of hydrogen-bond acceptors (Lipinski definition) is 5. The fourth-order valence-corrected chi connectivity index (χ4v) is 2.72. The molecule has 0 bridgehead atoms. The summed E-state index contributed by atoms with van der Waals surface area (Å²) in [4.78, 5) is 0. The summed E-state index contributed by atoms with van der Waals surface area (Å²) in [5.74, 6) is 0.673. The predicted molar refractivity (Wildman–Crippen MR) is 88.4 cm³/mol. The lowest BCUT2D eigenvalue weighted by Gasteiger charge is -2.22. The normalized spacial score (nSPS) is 17.4. The van der Waals surface area contributed by atoms with E-state index in [0.717, 1.165) is 43.5 Å². The van der Waals surface area contributed by atoms with Crippen LogP contribution in [0, 0.1) is 11.3 Å². The number of nitrogens with zero attached hydrogens (tertiary/aromatic N) is 2. The zero-order valence-corrected chi connectivity index (χ0v) is 13.5. The molecule has 0 amide bonds. The molecule has 6 nitrogen and oxygen atoms in total. The Morgan fingerprint density at radius 1 is 1.29 bits per heavy atom. The van der Waals surface area contributed by atoms with Crippen molar-refractivity contribution in [1.29, 1.82) is 5.26 Å². The van der Waals surface area contributed by atoms with Crippen LogP contribution in [0.3, 0.4) is 0 Å². The number of ether oxygens (including phenoxy) is 3. The summed E-state index contributed by atoms with van der Waals surface area (Å²) in [6, 6.07) is 9.48. The smallest absolute Gasteiger partial charge is 0.157 e. The fraction of sp³-hybridized carbons (Fsp3) is 0.444. The summed E-state index contributed by atoms with van der Waals surface area (Å²) in [5.41, 5.74) is 2.08. The first-order chi connectivity index (χ1) is 11.9. The number of benzene rings is 1. The van der Waals surface area contributed by atoms with Gasteiger partial charge in [0, 0.05) is 19.2 Å². The first-order valence-electron chi connectivity index (χ1n) is 8.27. The summed E-state index contributed by atoms with van der Waals surface area (Å²) in [6.07, 6.45) is 5.60. The zero-order valence-electron chi connectivity index (χ0n) is 13.5. The number of aromatic nitrogens is 2. The van der Waals surface area contributed by atoms with Crippen LogP contribution in [0.5, 0.6) is 5.75 Å². The van der Waals surface area contributed by atoms with Crippen molar-refractivity contribution in [2.45, 2.75) is 32.0 Å². The first-order valence-corrected chi connectivity index (χ1v) is 8.27. The van der Waals surface area contributed by atoms with Crippen molar-refractivity contribution < 1.29 is 14.2 Å². The van der Waals surface area contributed by atoms with Crippen molar-refractivity contribution in [3.8, 4) is 23.1 Å². The van der Waals surface area contributed by atoms with Gasteiger partial charge in [0.05, 0.1) is 36.1 Å². The van der Waals surface area contributed by atoms with Gasteiger partial charge in [0.25, 0.3) is 0 Å². The van der Waals surface area contributed by atoms with Crippen LogP contribution in [-0.2, 0) is 9.47 Å². The lowest BCUT2D eigenvalue weighted by Crippen LogP contribution is -2.23. The molecule has 1 N–H and O–H groups in total. The van der Waals surface area contributed by atoms with Crippen LogP contribution in [-0.4, -0.2) is 36.3 Å². The minimum absolute atomic E-state index is 0.0683. The van der Waals surface area contributed by atoms with Gasteiger partial charge in [-0.1, -0.05) is 6.07 Å². The second-order valence-corrected chi connectivity index (χ2v) is 5.63. The number of H-pyrrole nitrogens is 1. The van der Waals surface area contributed by atoms with E-state index >= 15 is 0 Å². The molecule has 1 aliphatic rings. The highest BCUT2D eigenvalue weighted by molar-refractivity contribution is 5.73. The van der Waals surface area contributed by atoms with Crippen LogP contribution >= 0.6 is 0 Å². The van der Waals surface area contributed by atoms with Crippen LogP contribution < -0.4 is 4.74 Å². The van der Waals surface area contributed by atoms with Crippen LogP contribution in [0.25, 0.3) is 11.3 Å². The Balaban J connectivity index is 1.54. The molecule has 1 fully saturated rings. The highest BCUT2D eigenvalue weighted by Gasteiger charge is 2.15. The average Bonchev–Trinajstić information content (AvgIpc) is 3.16. The molecule has 3 rings (SSSR count). The Hall–Kier alpha value is -2.36. The molecule has 2 heterocycles. The molecular weight excluding hydrogens is 306 g/mol. The largest absolute Gasteiger partial charge is 0.493 e. The van der Waals surface area contributed by atoms with Crippen LogP contribution in [0.1, 0.15) is 31.2 Å². The van der Waals surface area contributed by atoms with E-state index in [1.165, 1.54) is 0 Å². The molecule has 0 spiro atoms. The van der Waals surface area contributed by atoms with Crippen molar-refractivity contribution in [2.24, 2.45) is 0 Å². The van der Waals surface area contributed by atoms with Crippen molar-refractivity contribution in [3.63, 3.8) is 0 Å². The topological polar surface area (TPSA) is 80.2 Å². The van der Waals surface area contributed by atoms with Gasteiger partial charge in [-0.05, 0) is 37.5 Å². The standard InChI is InChI=1S/C18H21N3O3/c19-13-14-5-3-6-16(18(14)15-8-9-20-21-15)22-11-4-12-24-17-7-1-2-10-23-17/h3,5-6,8-9,17H,1-2,4,7,10-12H2,(H,20,21). The maximum absolute atomic E-state index is 9.32.